The van der Waals surface area contributed by atoms with Crippen molar-refractivity contribution in [2.75, 3.05) is 13.1 Å². The summed E-state index contributed by atoms with van der Waals surface area (Å²) in [5, 5.41) is 13.5. The molecule has 1 amide bonds. The fourth-order valence-corrected chi connectivity index (χ4v) is 2.80. The van der Waals surface area contributed by atoms with E-state index in [9.17, 15) is 14.3 Å². The summed E-state index contributed by atoms with van der Waals surface area (Å²) in [5.41, 5.74) is 0.685. The molecule has 0 spiro atoms. The van der Waals surface area contributed by atoms with Crippen LogP contribution < -0.4 is 0 Å². The number of nitrogens with zero attached hydrogens (tertiary/aromatic N) is 3. The quantitative estimate of drug-likeness (QED) is 0.907. The number of hydrogen-bond acceptors (Lipinski definition) is 5. The van der Waals surface area contributed by atoms with Crippen LogP contribution in [0.3, 0.4) is 0 Å². The van der Waals surface area contributed by atoms with E-state index in [2.05, 4.69) is 10.1 Å². The zero-order valence-corrected chi connectivity index (χ0v) is 13.3. The van der Waals surface area contributed by atoms with Gasteiger partial charge in [0.2, 0.25) is 17.6 Å². The van der Waals surface area contributed by atoms with Gasteiger partial charge in [-0.3, -0.25) is 4.79 Å². The standard InChI is InChI=1S/C17H20FN3O3/c18-13-8-6-12(7-9-13)17-19-15(24-20-17)4-1-5-16(23)21-10-2-3-14(22)11-21/h6-9,14,22H,1-5,10-11H2. The maximum absolute atomic E-state index is 12.9. The summed E-state index contributed by atoms with van der Waals surface area (Å²) in [7, 11) is 0. The molecule has 3 rings (SSSR count). The Morgan fingerprint density at radius 3 is 2.92 bits per heavy atom. The first-order chi connectivity index (χ1) is 11.6. The first kappa shape index (κ1) is 16.6. The second-order valence-corrected chi connectivity index (χ2v) is 6.01. The number of rotatable bonds is 5. The van der Waals surface area contributed by atoms with Crippen LogP contribution in [0.4, 0.5) is 4.39 Å². The lowest BCUT2D eigenvalue weighted by atomic mass is 10.1. The maximum Gasteiger partial charge on any atom is 0.226 e. The predicted octanol–water partition coefficient (Wildman–Crippen LogP) is 2.18. The van der Waals surface area contributed by atoms with Gasteiger partial charge in [0.05, 0.1) is 6.10 Å². The Balaban J connectivity index is 1.49. The van der Waals surface area contributed by atoms with Crippen LogP contribution >= 0.6 is 0 Å². The molecule has 0 radical (unpaired) electrons. The molecule has 24 heavy (non-hydrogen) atoms. The first-order valence-electron chi connectivity index (χ1n) is 8.16. The molecule has 0 bridgehead atoms. The van der Waals surface area contributed by atoms with E-state index in [4.69, 9.17) is 4.52 Å². The number of piperidine rings is 1. The number of halogens is 1. The highest BCUT2D eigenvalue weighted by Gasteiger charge is 2.21. The minimum Gasteiger partial charge on any atom is -0.391 e. The average Bonchev–Trinajstić information content (AvgIpc) is 3.04. The molecular weight excluding hydrogens is 313 g/mol. The number of amides is 1. The highest BCUT2D eigenvalue weighted by Crippen LogP contribution is 2.17. The number of carbonyl (C=O) groups is 1. The van der Waals surface area contributed by atoms with Crippen molar-refractivity contribution in [1.82, 2.24) is 15.0 Å². The van der Waals surface area contributed by atoms with Crippen molar-refractivity contribution < 1.29 is 18.8 Å². The summed E-state index contributed by atoms with van der Waals surface area (Å²) in [6, 6.07) is 5.87. The van der Waals surface area contributed by atoms with E-state index in [-0.39, 0.29) is 11.7 Å². The van der Waals surface area contributed by atoms with Crippen LogP contribution in [-0.2, 0) is 11.2 Å². The van der Waals surface area contributed by atoms with Crippen molar-refractivity contribution in [2.24, 2.45) is 0 Å². The molecule has 0 aliphatic carbocycles. The molecule has 1 aliphatic heterocycles. The lowest BCUT2D eigenvalue weighted by Gasteiger charge is -2.30. The number of hydrogen-bond donors (Lipinski definition) is 1. The van der Waals surface area contributed by atoms with Gasteiger partial charge in [0.1, 0.15) is 5.82 Å². The first-order valence-corrected chi connectivity index (χ1v) is 8.16. The Hall–Kier alpha value is -2.28. The Bertz CT molecular complexity index is 687. The summed E-state index contributed by atoms with van der Waals surface area (Å²) in [6.07, 6.45) is 2.71. The zero-order chi connectivity index (χ0) is 16.9. The molecule has 1 aromatic heterocycles. The third-order valence-corrected chi connectivity index (χ3v) is 4.10. The van der Waals surface area contributed by atoms with Gasteiger partial charge in [0, 0.05) is 31.5 Å². The second-order valence-electron chi connectivity index (χ2n) is 6.01. The number of aromatic nitrogens is 2. The topological polar surface area (TPSA) is 79.5 Å². The molecule has 0 saturated carbocycles. The van der Waals surface area contributed by atoms with Gasteiger partial charge in [0.15, 0.2) is 0 Å². The molecule has 2 aromatic rings. The van der Waals surface area contributed by atoms with Gasteiger partial charge < -0.3 is 14.5 Å². The van der Waals surface area contributed by atoms with Crippen molar-refractivity contribution in [3.8, 4) is 11.4 Å². The second kappa shape index (κ2) is 7.53. The molecule has 1 aromatic carbocycles. The fourth-order valence-electron chi connectivity index (χ4n) is 2.80. The molecule has 1 unspecified atom stereocenters. The van der Waals surface area contributed by atoms with Crippen LogP contribution in [0.5, 0.6) is 0 Å². The van der Waals surface area contributed by atoms with Gasteiger partial charge in [-0.05, 0) is 43.5 Å². The Morgan fingerprint density at radius 1 is 1.38 bits per heavy atom. The Kier molecular flexibility index (Phi) is 5.20. The molecule has 1 atom stereocenters. The Morgan fingerprint density at radius 2 is 2.17 bits per heavy atom. The summed E-state index contributed by atoms with van der Waals surface area (Å²) >= 11 is 0. The number of benzene rings is 1. The number of aliphatic hydroxyl groups excluding tert-OH is 1. The smallest absolute Gasteiger partial charge is 0.226 e. The van der Waals surface area contributed by atoms with Crippen LogP contribution in [-0.4, -0.2) is 45.2 Å². The van der Waals surface area contributed by atoms with E-state index < -0.39 is 6.10 Å². The van der Waals surface area contributed by atoms with Crippen molar-refractivity contribution >= 4 is 5.91 Å². The van der Waals surface area contributed by atoms with Crippen LogP contribution in [0.25, 0.3) is 11.4 Å². The summed E-state index contributed by atoms with van der Waals surface area (Å²) in [4.78, 5) is 18.1. The van der Waals surface area contributed by atoms with E-state index in [0.717, 1.165) is 12.8 Å². The highest BCUT2D eigenvalue weighted by atomic mass is 19.1. The lowest BCUT2D eigenvalue weighted by Crippen LogP contribution is -2.42. The van der Waals surface area contributed by atoms with Crippen molar-refractivity contribution in [1.29, 1.82) is 0 Å². The Labute approximate surface area is 139 Å². The third kappa shape index (κ3) is 4.17. The molecule has 7 heteroatoms. The minimum absolute atomic E-state index is 0.0482. The number of carbonyl (C=O) groups excluding carboxylic acids is 1. The lowest BCUT2D eigenvalue weighted by molar-refractivity contribution is -0.134. The SMILES string of the molecule is O=C(CCCc1nc(-c2ccc(F)cc2)no1)N1CCCC(O)C1. The fraction of sp³-hybridized carbons (Fsp3) is 0.471. The molecular formula is C17H20FN3O3. The maximum atomic E-state index is 12.9. The van der Waals surface area contributed by atoms with Crippen LogP contribution in [0, 0.1) is 5.82 Å². The average molecular weight is 333 g/mol. The predicted molar refractivity (Wildman–Crippen MR) is 84.5 cm³/mol. The highest BCUT2D eigenvalue weighted by molar-refractivity contribution is 5.76. The van der Waals surface area contributed by atoms with Crippen LogP contribution in [0.1, 0.15) is 31.6 Å². The van der Waals surface area contributed by atoms with Crippen LogP contribution in [0.15, 0.2) is 28.8 Å². The van der Waals surface area contributed by atoms with E-state index in [1.807, 2.05) is 0 Å². The van der Waals surface area contributed by atoms with E-state index in [1.54, 1.807) is 17.0 Å². The minimum atomic E-state index is -0.406. The van der Waals surface area contributed by atoms with E-state index in [0.29, 0.717) is 49.6 Å². The van der Waals surface area contributed by atoms with Gasteiger partial charge in [-0.15, -0.1) is 0 Å². The zero-order valence-electron chi connectivity index (χ0n) is 13.3. The van der Waals surface area contributed by atoms with E-state index >= 15 is 0 Å². The number of aliphatic hydroxyl groups is 1. The molecule has 128 valence electrons. The monoisotopic (exact) mass is 333 g/mol. The van der Waals surface area contributed by atoms with Crippen molar-refractivity contribution in [3.63, 3.8) is 0 Å². The molecule has 2 heterocycles. The van der Waals surface area contributed by atoms with Crippen molar-refractivity contribution in [2.45, 2.75) is 38.2 Å². The van der Waals surface area contributed by atoms with Crippen molar-refractivity contribution in [3.05, 3.63) is 36.0 Å². The van der Waals surface area contributed by atoms with Gasteiger partial charge in [-0.1, -0.05) is 5.16 Å². The number of β-amino-alcohol motifs (C(OH)–C–C–N with tert-alkyl or cyclic N) is 1. The summed E-state index contributed by atoms with van der Waals surface area (Å²) in [5.74, 6) is 0.604. The largest absolute Gasteiger partial charge is 0.391 e. The molecule has 1 N–H and O–H groups in total. The van der Waals surface area contributed by atoms with Gasteiger partial charge in [-0.25, -0.2) is 4.39 Å². The number of likely N-dealkylation sites (tertiary alicyclic amines) is 1. The molecule has 1 aliphatic rings. The molecule has 1 fully saturated rings. The normalized spacial score (nSPS) is 17.9. The van der Waals surface area contributed by atoms with Crippen LogP contribution in [0.2, 0.25) is 0 Å². The molecule has 6 nitrogen and oxygen atoms in total. The van der Waals surface area contributed by atoms with E-state index in [1.165, 1.54) is 12.1 Å². The van der Waals surface area contributed by atoms with Gasteiger partial charge in [-0.2, -0.15) is 4.98 Å². The summed E-state index contributed by atoms with van der Waals surface area (Å²) < 4.78 is 18.1. The molecule has 1 saturated heterocycles. The third-order valence-electron chi connectivity index (χ3n) is 4.10. The summed E-state index contributed by atoms with van der Waals surface area (Å²) in [6.45, 7) is 1.14. The number of aryl methyl sites for hydroxylation is 1. The van der Waals surface area contributed by atoms with Gasteiger partial charge in [0.25, 0.3) is 0 Å². The van der Waals surface area contributed by atoms with Gasteiger partial charge >= 0.3 is 0 Å².